The summed E-state index contributed by atoms with van der Waals surface area (Å²) < 4.78 is 13.6. The Labute approximate surface area is 116 Å². The number of hydrogen-bond donors (Lipinski definition) is 2. The van der Waals surface area contributed by atoms with Crippen LogP contribution in [0.3, 0.4) is 0 Å². The van der Waals surface area contributed by atoms with E-state index in [1.807, 2.05) is 19.1 Å². The lowest BCUT2D eigenvalue weighted by molar-refractivity contribution is 0.0696. The van der Waals surface area contributed by atoms with E-state index in [4.69, 9.17) is 5.11 Å². The average Bonchev–Trinajstić information content (AvgIpc) is 2.46. The maximum absolute atomic E-state index is 13.6. The van der Waals surface area contributed by atoms with Crippen molar-refractivity contribution in [2.45, 2.75) is 19.5 Å². The highest BCUT2D eigenvalue weighted by molar-refractivity contribution is 5.87. The number of aromatic carboxylic acids is 1. The fourth-order valence-corrected chi connectivity index (χ4v) is 1.86. The van der Waals surface area contributed by atoms with Gasteiger partial charge in [-0.2, -0.15) is 0 Å². The Morgan fingerprint density at radius 3 is 2.90 bits per heavy atom. The van der Waals surface area contributed by atoms with Gasteiger partial charge in [-0.15, -0.1) is 0 Å². The molecule has 4 nitrogen and oxygen atoms in total. The van der Waals surface area contributed by atoms with Gasteiger partial charge < -0.3 is 10.4 Å². The van der Waals surface area contributed by atoms with Gasteiger partial charge in [0.1, 0.15) is 5.82 Å². The molecule has 0 bridgehead atoms. The van der Waals surface area contributed by atoms with E-state index in [0.29, 0.717) is 5.56 Å². The molecule has 0 spiro atoms. The Hall–Kier alpha value is -2.27. The van der Waals surface area contributed by atoms with Crippen molar-refractivity contribution in [1.82, 2.24) is 10.3 Å². The van der Waals surface area contributed by atoms with Crippen LogP contribution in [0.25, 0.3) is 0 Å². The van der Waals surface area contributed by atoms with Gasteiger partial charge in [0.05, 0.1) is 5.56 Å². The normalized spacial score (nSPS) is 12.1. The first-order valence-electron chi connectivity index (χ1n) is 6.23. The predicted molar refractivity (Wildman–Crippen MR) is 72.9 cm³/mol. The van der Waals surface area contributed by atoms with Gasteiger partial charge in [-0.3, -0.25) is 4.98 Å². The maximum atomic E-state index is 13.6. The summed E-state index contributed by atoms with van der Waals surface area (Å²) in [7, 11) is 0. The lowest BCUT2D eigenvalue weighted by atomic mass is 10.1. The van der Waals surface area contributed by atoms with Crippen LogP contribution in [0.15, 0.2) is 42.7 Å². The largest absolute Gasteiger partial charge is 0.478 e. The van der Waals surface area contributed by atoms with Gasteiger partial charge in [0, 0.05) is 30.5 Å². The van der Waals surface area contributed by atoms with Gasteiger partial charge in [-0.1, -0.05) is 6.07 Å². The zero-order valence-electron chi connectivity index (χ0n) is 11.0. The number of aromatic nitrogens is 1. The number of pyridine rings is 1. The molecule has 0 unspecified atom stereocenters. The molecule has 5 heteroatoms. The molecule has 0 saturated carbocycles. The van der Waals surface area contributed by atoms with E-state index in [0.717, 1.165) is 5.56 Å². The predicted octanol–water partition coefficient (Wildman–Crippen LogP) is 2.77. The van der Waals surface area contributed by atoms with E-state index >= 15 is 0 Å². The molecule has 0 saturated heterocycles. The molecule has 104 valence electrons. The lowest BCUT2D eigenvalue weighted by Crippen LogP contribution is -2.19. The summed E-state index contributed by atoms with van der Waals surface area (Å²) in [5, 5.41) is 12.1. The van der Waals surface area contributed by atoms with Crippen LogP contribution in [0.1, 0.15) is 34.5 Å². The number of nitrogens with one attached hydrogen (secondary N) is 1. The number of hydrogen-bond acceptors (Lipinski definition) is 3. The minimum absolute atomic E-state index is 0.00316. The first-order chi connectivity index (χ1) is 9.58. The number of carboxylic acid groups (broad SMARTS) is 1. The molecule has 1 heterocycles. The monoisotopic (exact) mass is 274 g/mol. The van der Waals surface area contributed by atoms with E-state index in [1.165, 1.54) is 18.2 Å². The highest BCUT2D eigenvalue weighted by Gasteiger charge is 2.10. The molecule has 0 aliphatic carbocycles. The van der Waals surface area contributed by atoms with Crippen molar-refractivity contribution in [1.29, 1.82) is 0 Å². The van der Waals surface area contributed by atoms with Gasteiger partial charge in [-0.05, 0) is 36.8 Å². The molecule has 2 N–H and O–H groups in total. The summed E-state index contributed by atoms with van der Waals surface area (Å²) in [6, 6.07) is 7.53. The molecular weight excluding hydrogens is 259 g/mol. The second-order valence-electron chi connectivity index (χ2n) is 4.50. The standard InChI is InChI=1S/C15H15FN2O2/c1-10(12-3-2-6-17-8-12)18-9-13-7-11(15(19)20)4-5-14(13)16/h2-8,10,18H,9H2,1H3,(H,19,20)/t10-/m0/s1. The van der Waals surface area contributed by atoms with Gasteiger partial charge >= 0.3 is 5.97 Å². The minimum Gasteiger partial charge on any atom is -0.478 e. The Kier molecular flexibility index (Phi) is 4.42. The molecule has 1 aromatic carbocycles. The van der Waals surface area contributed by atoms with Crippen LogP contribution in [0.2, 0.25) is 0 Å². The second-order valence-corrected chi connectivity index (χ2v) is 4.50. The van der Waals surface area contributed by atoms with E-state index in [2.05, 4.69) is 10.3 Å². The van der Waals surface area contributed by atoms with Crippen molar-refractivity contribution in [2.24, 2.45) is 0 Å². The molecule has 0 aliphatic rings. The Morgan fingerprint density at radius 1 is 1.45 bits per heavy atom. The molecule has 1 atom stereocenters. The van der Waals surface area contributed by atoms with Crippen LogP contribution in [-0.2, 0) is 6.54 Å². The summed E-state index contributed by atoms with van der Waals surface area (Å²) in [5.41, 5.74) is 1.40. The zero-order valence-corrected chi connectivity index (χ0v) is 11.0. The first-order valence-corrected chi connectivity index (χ1v) is 6.23. The second kappa shape index (κ2) is 6.25. The zero-order chi connectivity index (χ0) is 14.5. The highest BCUT2D eigenvalue weighted by atomic mass is 19.1. The van der Waals surface area contributed by atoms with Crippen LogP contribution >= 0.6 is 0 Å². The summed E-state index contributed by atoms with van der Waals surface area (Å²) >= 11 is 0. The average molecular weight is 274 g/mol. The van der Waals surface area contributed by atoms with Crippen LogP contribution in [0.4, 0.5) is 4.39 Å². The van der Waals surface area contributed by atoms with E-state index in [9.17, 15) is 9.18 Å². The molecule has 0 fully saturated rings. The molecule has 0 aliphatic heterocycles. The third-order valence-electron chi connectivity index (χ3n) is 3.08. The number of nitrogens with zero attached hydrogens (tertiary/aromatic N) is 1. The Bertz CT molecular complexity index is 602. The molecule has 2 rings (SSSR count). The van der Waals surface area contributed by atoms with Crippen molar-refractivity contribution in [3.8, 4) is 0 Å². The van der Waals surface area contributed by atoms with Crippen molar-refractivity contribution in [3.05, 3.63) is 65.2 Å². The molecular formula is C15H15FN2O2. The van der Waals surface area contributed by atoms with E-state index in [-0.39, 0.29) is 18.2 Å². The summed E-state index contributed by atoms with van der Waals surface area (Å²) in [4.78, 5) is 14.9. The molecule has 2 aromatic rings. The fraction of sp³-hybridized carbons (Fsp3) is 0.200. The number of halogens is 1. The van der Waals surface area contributed by atoms with Gasteiger partial charge in [0.2, 0.25) is 0 Å². The quantitative estimate of drug-likeness (QED) is 0.880. The summed E-state index contributed by atoms with van der Waals surface area (Å²) in [6.07, 6.45) is 3.42. The summed E-state index contributed by atoms with van der Waals surface area (Å²) in [5.74, 6) is -1.48. The number of carbonyl (C=O) groups is 1. The first kappa shape index (κ1) is 14.1. The molecule has 0 amide bonds. The molecule has 0 radical (unpaired) electrons. The molecule has 20 heavy (non-hydrogen) atoms. The Morgan fingerprint density at radius 2 is 2.25 bits per heavy atom. The maximum Gasteiger partial charge on any atom is 0.335 e. The Balaban J connectivity index is 2.07. The number of carboxylic acids is 1. The lowest BCUT2D eigenvalue weighted by Gasteiger charge is -2.14. The SMILES string of the molecule is C[C@H](NCc1cc(C(=O)O)ccc1F)c1cccnc1. The smallest absolute Gasteiger partial charge is 0.335 e. The van der Waals surface area contributed by atoms with E-state index < -0.39 is 11.8 Å². The van der Waals surface area contributed by atoms with Gasteiger partial charge in [-0.25, -0.2) is 9.18 Å². The topological polar surface area (TPSA) is 62.2 Å². The van der Waals surface area contributed by atoms with Crippen LogP contribution in [0.5, 0.6) is 0 Å². The fourth-order valence-electron chi connectivity index (χ4n) is 1.86. The van der Waals surface area contributed by atoms with Crippen molar-refractivity contribution < 1.29 is 14.3 Å². The van der Waals surface area contributed by atoms with Crippen molar-refractivity contribution in [3.63, 3.8) is 0 Å². The number of benzene rings is 1. The molecule has 1 aromatic heterocycles. The number of rotatable bonds is 5. The van der Waals surface area contributed by atoms with E-state index in [1.54, 1.807) is 12.4 Å². The minimum atomic E-state index is -1.06. The van der Waals surface area contributed by atoms with Crippen molar-refractivity contribution in [2.75, 3.05) is 0 Å². The van der Waals surface area contributed by atoms with Crippen molar-refractivity contribution >= 4 is 5.97 Å². The van der Waals surface area contributed by atoms with Gasteiger partial charge in [0.25, 0.3) is 0 Å². The van der Waals surface area contributed by atoms with Crippen LogP contribution in [0, 0.1) is 5.82 Å². The highest BCUT2D eigenvalue weighted by Crippen LogP contribution is 2.14. The van der Waals surface area contributed by atoms with Crippen LogP contribution in [-0.4, -0.2) is 16.1 Å². The summed E-state index contributed by atoms with van der Waals surface area (Å²) in [6.45, 7) is 2.19. The van der Waals surface area contributed by atoms with Gasteiger partial charge in [0.15, 0.2) is 0 Å². The third-order valence-corrected chi connectivity index (χ3v) is 3.08. The third kappa shape index (κ3) is 3.39. The van der Waals surface area contributed by atoms with Crippen LogP contribution < -0.4 is 5.32 Å².